The Hall–Kier alpha value is -0.350. The first-order valence-electron chi connectivity index (χ1n) is 2.22. The van der Waals surface area contributed by atoms with E-state index in [-0.39, 0.29) is 6.42 Å². The van der Waals surface area contributed by atoms with Crippen LogP contribution < -0.4 is 0 Å². The lowest BCUT2D eigenvalue weighted by atomic mass is 10.3. The normalized spacial score (nSPS) is 12.8. The molecule has 0 aliphatic rings. The molecule has 0 saturated carbocycles. The van der Waals surface area contributed by atoms with Crippen LogP contribution in [0.3, 0.4) is 0 Å². The van der Waals surface area contributed by atoms with Crippen LogP contribution in [0.2, 0.25) is 0 Å². The van der Waals surface area contributed by atoms with Gasteiger partial charge in [-0.15, -0.1) is 0 Å². The molecule has 4 heteroatoms. The smallest absolute Gasteiger partial charge is 0.210 e. The maximum atomic E-state index is 9.74. The van der Waals surface area contributed by atoms with Gasteiger partial charge in [0.2, 0.25) is 10.3 Å². The third-order valence-electron chi connectivity index (χ3n) is 0.573. The lowest BCUT2D eigenvalue weighted by Crippen LogP contribution is -1.98. The van der Waals surface area contributed by atoms with E-state index in [9.17, 15) is 8.42 Å². The molecule has 0 aromatic rings. The second kappa shape index (κ2) is 3.63. The van der Waals surface area contributed by atoms with Gasteiger partial charge in [0, 0.05) is 11.8 Å². The van der Waals surface area contributed by atoms with E-state index >= 15 is 0 Å². The van der Waals surface area contributed by atoms with Gasteiger partial charge in [0.25, 0.3) is 0 Å². The molecule has 0 spiro atoms. The predicted octanol–water partition coefficient (Wildman–Crippen LogP) is -0.561. The molecule has 3 nitrogen and oxygen atoms in total. The monoisotopic (exact) mass is 136 g/mol. The Labute approximate surface area is 49.5 Å². The van der Waals surface area contributed by atoms with Crippen LogP contribution in [0, 0.1) is 0 Å². The molecule has 0 aromatic heterocycles. The van der Waals surface area contributed by atoms with E-state index in [4.69, 9.17) is 5.11 Å². The lowest BCUT2D eigenvalue weighted by Gasteiger charge is -1.91. The molecule has 1 atom stereocenters. The zero-order valence-corrected chi connectivity index (χ0v) is 5.35. The van der Waals surface area contributed by atoms with E-state index in [0.29, 0.717) is 0 Å². The van der Waals surface area contributed by atoms with Crippen molar-refractivity contribution in [2.45, 2.75) is 19.4 Å². The summed E-state index contributed by atoms with van der Waals surface area (Å²) in [5, 5.41) is 9.53. The summed E-state index contributed by atoms with van der Waals surface area (Å²) in [6.45, 7) is 1.53. The molecule has 0 fully saturated rings. The molecule has 1 N–H and O–H groups in total. The van der Waals surface area contributed by atoms with Crippen LogP contribution in [0.4, 0.5) is 0 Å². The lowest BCUT2D eigenvalue weighted by molar-refractivity contribution is 0.205. The van der Waals surface area contributed by atoms with Gasteiger partial charge in [0.1, 0.15) is 0 Å². The Morgan fingerprint density at radius 2 is 2.25 bits per heavy atom. The van der Waals surface area contributed by atoms with E-state index in [2.05, 4.69) is 0 Å². The van der Waals surface area contributed by atoms with Gasteiger partial charge < -0.3 is 5.11 Å². The summed E-state index contributed by atoms with van der Waals surface area (Å²) in [6, 6.07) is 0. The topological polar surface area (TPSA) is 54.4 Å². The van der Waals surface area contributed by atoms with Crippen molar-refractivity contribution in [3.05, 3.63) is 0 Å². The molecule has 0 radical (unpaired) electrons. The van der Waals surface area contributed by atoms with Crippen molar-refractivity contribution in [3.8, 4) is 0 Å². The SMILES string of the molecule is CC(O)CC=S(=O)=O. The third kappa shape index (κ3) is 5.65. The highest BCUT2D eigenvalue weighted by molar-refractivity contribution is 7.71. The van der Waals surface area contributed by atoms with Crippen molar-refractivity contribution < 1.29 is 13.5 Å². The summed E-state index contributed by atoms with van der Waals surface area (Å²) >= 11 is 0. The molecule has 8 heavy (non-hydrogen) atoms. The van der Waals surface area contributed by atoms with Crippen LogP contribution in [0.5, 0.6) is 0 Å². The first-order chi connectivity index (χ1) is 3.63. The summed E-state index contributed by atoms with van der Waals surface area (Å²) in [5.74, 6) is 0. The first kappa shape index (κ1) is 7.65. The van der Waals surface area contributed by atoms with Gasteiger partial charge in [-0.3, -0.25) is 0 Å². The zero-order chi connectivity index (χ0) is 6.57. The number of hydrogen-bond donors (Lipinski definition) is 1. The van der Waals surface area contributed by atoms with Gasteiger partial charge in [-0.05, 0) is 6.92 Å². The summed E-state index contributed by atoms with van der Waals surface area (Å²) in [4.78, 5) is 0. The molecule has 0 aliphatic heterocycles. The molecular weight excluding hydrogens is 128 g/mol. The molecule has 0 aliphatic carbocycles. The number of aliphatic hydroxyl groups excluding tert-OH is 1. The van der Waals surface area contributed by atoms with Crippen molar-refractivity contribution in [1.82, 2.24) is 0 Å². The van der Waals surface area contributed by atoms with Crippen LogP contribution in [-0.2, 0) is 10.3 Å². The Bertz CT molecular complexity index is 158. The van der Waals surface area contributed by atoms with E-state index in [0.717, 1.165) is 5.37 Å². The van der Waals surface area contributed by atoms with Gasteiger partial charge >= 0.3 is 0 Å². The average molecular weight is 136 g/mol. The van der Waals surface area contributed by atoms with Gasteiger partial charge in [-0.25, -0.2) is 0 Å². The minimum atomic E-state index is -2.12. The van der Waals surface area contributed by atoms with Crippen LogP contribution in [0.15, 0.2) is 0 Å². The molecule has 0 rings (SSSR count). The zero-order valence-electron chi connectivity index (χ0n) is 4.53. The van der Waals surface area contributed by atoms with Crippen molar-refractivity contribution in [2.24, 2.45) is 0 Å². The Balaban J connectivity index is 3.62. The van der Waals surface area contributed by atoms with Crippen LogP contribution in [-0.4, -0.2) is 25.0 Å². The van der Waals surface area contributed by atoms with Crippen molar-refractivity contribution in [2.75, 3.05) is 0 Å². The van der Waals surface area contributed by atoms with E-state index in [1.807, 2.05) is 0 Å². The summed E-state index contributed by atoms with van der Waals surface area (Å²) in [6.07, 6.45) is -0.358. The fraction of sp³-hybridized carbons (Fsp3) is 0.750. The molecule has 0 bridgehead atoms. The third-order valence-corrected chi connectivity index (χ3v) is 1.04. The minimum Gasteiger partial charge on any atom is -0.393 e. The van der Waals surface area contributed by atoms with E-state index < -0.39 is 16.4 Å². The number of aliphatic hydroxyl groups is 1. The summed E-state index contributed by atoms with van der Waals surface area (Å²) in [5.41, 5.74) is 0. The maximum Gasteiger partial charge on any atom is 0.210 e. The molecule has 0 amide bonds. The van der Waals surface area contributed by atoms with Gasteiger partial charge in [-0.1, -0.05) is 0 Å². The Morgan fingerprint density at radius 3 is 2.38 bits per heavy atom. The first-order valence-corrected chi connectivity index (χ1v) is 3.36. The highest BCUT2D eigenvalue weighted by Crippen LogP contribution is 1.81. The second-order valence-corrected chi connectivity index (χ2v) is 2.37. The Morgan fingerprint density at radius 1 is 1.75 bits per heavy atom. The second-order valence-electron chi connectivity index (χ2n) is 1.51. The summed E-state index contributed by atoms with van der Waals surface area (Å²) < 4.78 is 19.5. The van der Waals surface area contributed by atoms with Crippen LogP contribution in [0.1, 0.15) is 13.3 Å². The molecule has 48 valence electrons. The molecule has 0 aromatic carbocycles. The van der Waals surface area contributed by atoms with Gasteiger partial charge in [0.05, 0.1) is 6.10 Å². The summed E-state index contributed by atoms with van der Waals surface area (Å²) in [7, 11) is -2.12. The fourth-order valence-electron chi connectivity index (χ4n) is 0.218. The quantitative estimate of drug-likeness (QED) is 0.518. The molecular formula is C4H8O3S. The Kier molecular flexibility index (Phi) is 3.47. The van der Waals surface area contributed by atoms with Crippen molar-refractivity contribution in [3.63, 3.8) is 0 Å². The molecule has 0 saturated heterocycles. The van der Waals surface area contributed by atoms with Crippen LogP contribution >= 0.6 is 0 Å². The molecule has 0 heterocycles. The van der Waals surface area contributed by atoms with Gasteiger partial charge in [-0.2, -0.15) is 8.42 Å². The minimum absolute atomic E-state index is 0.204. The standard InChI is InChI=1S/C4H8O3S/c1-4(5)2-3-8(6)7/h3-5H,2H2,1H3. The number of hydrogen-bond acceptors (Lipinski definition) is 3. The highest BCUT2D eigenvalue weighted by Gasteiger charge is 1.88. The van der Waals surface area contributed by atoms with Crippen molar-refractivity contribution in [1.29, 1.82) is 0 Å². The molecule has 1 unspecified atom stereocenters. The highest BCUT2D eigenvalue weighted by atomic mass is 32.2. The maximum absolute atomic E-state index is 9.74. The predicted molar refractivity (Wildman–Crippen MR) is 31.3 cm³/mol. The van der Waals surface area contributed by atoms with E-state index in [1.165, 1.54) is 6.92 Å². The average Bonchev–Trinajstić information content (AvgIpc) is 1.61. The largest absolute Gasteiger partial charge is 0.393 e. The van der Waals surface area contributed by atoms with Crippen LogP contribution in [0.25, 0.3) is 0 Å². The fourth-order valence-corrected chi connectivity index (χ4v) is 0.653. The van der Waals surface area contributed by atoms with Crippen molar-refractivity contribution >= 4 is 15.7 Å². The number of rotatable bonds is 2. The van der Waals surface area contributed by atoms with Gasteiger partial charge in [0.15, 0.2) is 0 Å². The van der Waals surface area contributed by atoms with E-state index in [1.54, 1.807) is 0 Å².